The first-order chi connectivity index (χ1) is 9.19. The first-order valence-corrected chi connectivity index (χ1v) is 6.83. The largest absolute Gasteiger partial charge is 0.395 e. The lowest BCUT2D eigenvalue weighted by molar-refractivity contribution is 0.0706. The van der Waals surface area contributed by atoms with Crippen molar-refractivity contribution in [2.75, 3.05) is 19.7 Å². The van der Waals surface area contributed by atoms with Crippen LogP contribution in [0.4, 0.5) is 0 Å². The molecule has 1 heterocycles. The van der Waals surface area contributed by atoms with Crippen LogP contribution in [0.2, 0.25) is 0 Å². The number of carbonyl (C=O) groups excluding carboxylic acids is 1. The molecule has 0 saturated heterocycles. The molecule has 0 spiro atoms. The van der Waals surface area contributed by atoms with Gasteiger partial charge < -0.3 is 15.7 Å². The summed E-state index contributed by atoms with van der Waals surface area (Å²) in [6, 6.07) is 0.298. The third-order valence-electron chi connectivity index (χ3n) is 3.50. The van der Waals surface area contributed by atoms with Crippen LogP contribution in [-0.4, -0.2) is 51.4 Å². The molecule has 0 unspecified atom stereocenters. The minimum atomic E-state index is -0.0203. The van der Waals surface area contributed by atoms with E-state index in [1.807, 2.05) is 11.6 Å². The van der Waals surface area contributed by atoms with Crippen molar-refractivity contribution < 1.29 is 9.90 Å². The number of hydrogen-bond acceptors (Lipinski definition) is 4. The van der Waals surface area contributed by atoms with Crippen LogP contribution in [0.15, 0.2) is 6.20 Å². The number of amides is 1. The minimum Gasteiger partial charge on any atom is -0.395 e. The van der Waals surface area contributed by atoms with E-state index in [1.165, 1.54) is 0 Å². The Labute approximate surface area is 113 Å². The van der Waals surface area contributed by atoms with Crippen LogP contribution in [0.25, 0.3) is 0 Å². The second-order valence-corrected chi connectivity index (χ2v) is 4.96. The predicted octanol–water partition coefficient (Wildman–Crippen LogP) is 0.137. The van der Waals surface area contributed by atoms with E-state index in [1.54, 1.807) is 11.1 Å². The topological polar surface area (TPSA) is 84.4 Å². The van der Waals surface area contributed by atoms with Crippen LogP contribution in [0.3, 0.4) is 0 Å². The number of nitrogens with two attached hydrogens (primary N) is 1. The van der Waals surface area contributed by atoms with Crippen molar-refractivity contribution in [2.45, 2.75) is 38.8 Å². The van der Waals surface area contributed by atoms with E-state index >= 15 is 0 Å². The molecule has 1 aromatic heterocycles. The summed E-state index contributed by atoms with van der Waals surface area (Å²) < 4.78 is 1.82. The van der Waals surface area contributed by atoms with Crippen LogP contribution in [0.1, 0.15) is 35.3 Å². The van der Waals surface area contributed by atoms with E-state index in [-0.39, 0.29) is 12.5 Å². The third-order valence-corrected chi connectivity index (χ3v) is 3.50. The first-order valence-electron chi connectivity index (χ1n) is 6.83. The minimum absolute atomic E-state index is 0.00258. The third kappa shape index (κ3) is 3.13. The van der Waals surface area contributed by atoms with Crippen molar-refractivity contribution in [1.82, 2.24) is 14.7 Å². The van der Waals surface area contributed by atoms with Gasteiger partial charge in [-0.15, -0.1) is 0 Å². The molecule has 3 N–H and O–H groups in total. The molecule has 1 amide bonds. The molecule has 0 atom stereocenters. The average molecular weight is 266 g/mol. The number of carbonyl (C=O) groups is 1. The summed E-state index contributed by atoms with van der Waals surface area (Å²) in [4.78, 5) is 14.2. The number of aromatic nitrogens is 2. The number of nitrogens with zero attached hydrogens (tertiary/aromatic N) is 3. The molecular weight excluding hydrogens is 244 g/mol. The Morgan fingerprint density at radius 3 is 2.95 bits per heavy atom. The molecule has 6 heteroatoms. The van der Waals surface area contributed by atoms with Gasteiger partial charge in [0.1, 0.15) is 0 Å². The van der Waals surface area contributed by atoms with Crippen molar-refractivity contribution in [1.29, 1.82) is 0 Å². The average Bonchev–Trinajstić information content (AvgIpc) is 3.17. The van der Waals surface area contributed by atoms with Gasteiger partial charge in [-0.2, -0.15) is 5.10 Å². The van der Waals surface area contributed by atoms with Gasteiger partial charge in [0.05, 0.1) is 18.4 Å². The Kier molecular flexibility index (Phi) is 4.55. The van der Waals surface area contributed by atoms with E-state index in [0.29, 0.717) is 24.7 Å². The second-order valence-electron chi connectivity index (χ2n) is 4.96. The molecule has 1 saturated carbocycles. The van der Waals surface area contributed by atoms with Crippen LogP contribution >= 0.6 is 0 Å². The Hall–Kier alpha value is -1.40. The number of rotatable bonds is 7. The molecule has 6 nitrogen and oxygen atoms in total. The number of aliphatic hydroxyl groups excluding tert-OH is 1. The van der Waals surface area contributed by atoms with E-state index in [9.17, 15) is 4.79 Å². The lowest BCUT2D eigenvalue weighted by Gasteiger charge is -2.21. The van der Waals surface area contributed by atoms with Gasteiger partial charge in [0.25, 0.3) is 5.91 Å². The zero-order chi connectivity index (χ0) is 13.8. The SMILES string of the molecule is Cc1c(C(=O)N(CCO)C2CC2)cnn1CCCN. The molecule has 1 aliphatic rings. The number of aliphatic hydroxyl groups is 1. The predicted molar refractivity (Wildman–Crippen MR) is 71.8 cm³/mol. The Balaban J connectivity index is 2.11. The van der Waals surface area contributed by atoms with Gasteiger partial charge in [0.2, 0.25) is 0 Å². The summed E-state index contributed by atoms with van der Waals surface area (Å²) in [5, 5.41) is 13.3. The molecule has 0 radical (unpaired) electrons. The lowest BCUT2D eigenvalue weighted by Crippen LogP contribution is -2.35. The van der Waals surface area contributed by atoms with Gasteiger partial charge in [-0.05, 0) is 32.7 Å². The fraction of sp³-hybridized carbons (Fsp3) is 0.692. The zero-order valence-corrected chi connectivity index (χ0v) is 11.4. The van der Waals surface area contributed by atoms with Crippen molar-refractivity contribution >= 4 is 5.91 Å². The molecule has 19 heavy (non-hydrogen) atoms. The smallest absolute Gasteiger partial charge is 0.257 e. The van der Waals surface area contributed by atoms with E-state index in [0.717, 1.165) is 31.5 Å². The number of hydrogen-bond donors (Lipinski definition) is 2. The van der Waals surface area contributed by atoms with Crippen molar-refractivity contribution in [3.05, 3.63) is 17.5 Å². The second kappa shape index (κ2) is 6.16. The summed E-state index contributed by atoms with van der Waals surface area (Å²) in [5.74, 6) is -0.0203. The quantitative estimate of drug-likeness (QED) is 0.735. The maximum Gasteiger partial charge on any atom is 0.257 e. The van der Waals surface area contributed by atoms with E-state index in [4.69, 9.17) is 10.8 Å². The van der Waals surface area contributed by atoms with Crippen molar-refractivity contribution in [3.8, 4) is 0 Å². The normalized spacial score (nSPS) is 14.7. The van der Waals surface area contributed by atoms with Crippen molar-refractivity contribution in [2.24, 2.45) is 5.73 Å². The fourth-order valence-electron chi connectivity index (χ4n) is 2.22. The lowest BCUT2D eigenvalue weighted by atomic mass is 10.2. The molecule has 0 aliphatic heterocycles. The molecule has 1 aliphatic carbocycles. The maximum atomic E-state index is 12.5. The van der Waals surface area contributed by atoms with E-state index in [2.05, 4.69) is 5.10 Å². The van der Waals surface area contributed by atoms with Crippen LogP contribution in [0.5, 0.6) is 0 Å². The summed E-state index contributed by atoms with van der Waals surface area (Å²) in [5.41, 5.74) is 7.00. The summed E-state index contributed by atoms with van der Waals surface area (Å²) in [7, 11) is 0. The molecule has 0 aromatic carbocycles. The Bertz CT molecular complexity index is 440. The standard InChI is InChI=1S/C13H22N4O2/c1-10-12(9-15-17(10)6-2-5-14)13(19)16(7-8-18)11-3-4-11/h9,11,18H,2-8,14H2,1H3. The summed E-state index contributed by atoms with van der Waals surface area (Å²) >= 11 is 0. The highest BCUT2D eigenvalue weighted by Crippen LogP contribution is 2.28. The van der Waals surface area contributed by atoms with Gasteiger partial charge in [-0.25, -0.2) is 0 Å². The van der Waals surface area contributed by atoms with Gasteiger partial charge in [0.15, 0.2) is 0 Å². The molecule has 0 bridgehead atoms. The van der Waals surface area contributed by atoms with Crippen molar-refractivity contribution in [3.63, 3.8) is 0 Å². The molecular formula is C13H22N4O2. The fourth-order valence-corrected chi connectivity index (χ4v) is 2.22. The Morgan fingerprint density at radius 1 is 1.63 bits per heavy atom. The van der Waals surface area contributed by atoms with Crippen LogP contribution < -0.4 is 5.73 Å². The van der Waals surface area contributed by atoms with Gasteiger partial charge in [-0.1, -0.05) is 0 Å². The number of aryl methyl sites for hydroxylation is 1. The molecule has 2 rings (SSSR count). The summed E-state index contributed by atoms with van der Waals surface area (Å²) in [6.07, 6.45) is 4.54. The molecule has 106 valence electrons. The van der Waals surface area contributed by atoms with Gasteiger partial charge >= 0.3 is 0 Å². The summed E-state index contributed by atoms with van der Waals surface area (Å²) in [6.45, 7) is 3.65. The maximum absolute atomic E-state index is 12.5. The van der Waals surface area contributed by atoms with Gasteiger partial charge in [-0.3, -0.25) is 9.48 Å². The molecule has 1 aromatic rings. The first kappa shape index (κ1) is 14.0. The zero-order valence-electron chi connectivity index (χ0n) is 11.4. The van der Waals surface area contributed by atoms with E-state index < -0.39 is 0 Å². The highest BCUT2D eigenvalue weighted by Gasteiger charge is 2.33. The highest BCUT2D eigenvalue weighted by molar-refractivity contribution is 5.95. The van der Waals surface area contributed by atoms with Crippen LogP contribution in [-0.2, 0) is 6.54 Å². The Morgan fingerprint density at radius 2 is 2.37 bits per heavy atom. The van der Waals surface area contributed by atoms with Gasteiger partial charge in [0, 0.05) is 24.8 Å². The molecule has 1 fully saturated rings. The monoisotopic (exact) mass is 266 g/mol. The highest BCUT2D eigenvalue weighted by atomic mass is 16.3. The van der Waals surface area contributed by atoms with Crippen LogP contribution in [0, 0.1) is 6.92 Å².